The lowest BCUT2D eigenvalue weighted by Crippen LogP contribution is -2.56. The third kappa shape index (κ3) is 4.78. The first-order chi connectivity index (χ1) is 7.20. The van der Waals surface area contributed by atoms with Gasteiger partial charge in [0.25, 0.3) is 10.2 Å². The van der Waals surface area contributed by atoms with E-state index in [-0.39, 0.29) is 12.1 Å². The molecule has 0 aromatic heterocycles. The molecule has 0 aromatic carbocycles. The fraction of sp³-hybridized carbons (Fsp3) is 1.00. The average Bonchev–Trinajstić information content (AvgIpc) is 2.04. The molecule has 6 heteroatoms. The summed E-state index contributed by atoms with van der Waals surface area (Å²) in [4.78, 5) is 0. The molecule has 0 aliphatic carbocycles. The molecule has 2 atom stereocenters. The SMILES string of the molecule is CC1NCCCC1NS(=O)(=O)NC(C)(C)C. The minimum atomic E-state index is -3.41. The van der Waals surface area contributed by atoms with Crippen LogP contribution in [0.1, 0.15) is 40.5 Å². The van der Waals surface area contributed by atoms with Gasteiger partial charge >= 0.3 is 0 Å². The van der Waals surface area contributed by atoms with E-state index in [1.165, 1.54) is 0 Å². The van der Waals surface area contributed by atoms with Crippen LogP contribution in [0.15, 0.2) is 0 Å². The van der Waals surface area contributed by atoms with Crippen LogP contribution < -0.4 is 14.8 Å². The Hall–Kier alpha value is -0.170. The molecule has 16 heavy (non-hydrogen) atoms. The van der Waals surface area contributed by atoms with Crippen LogP contribution in [0.3, 0.4) is 0 Å². The van der Waals surface area contributed by atoms with Crippen molar-refractivity contribution in [2.24, 2.45) is 0 Å². The maximum absolute atomic E-state index is 11.8. The molecule has 0 saturated carbocycles. The molecule has 3 N–H and O–H groups in total. The van der Waals surface area contributed by atoms with E-state index in [2.05, 4.69) is 14.8 Å². The van der Waals surface area contributed by atoms with E-state index < -0.39 is 15.7 Å². The van der Waals surface area contributed by atoms with Crippen molar-refractivity contribution in [3.05, 3.63) is 0 Å². The molecule has 1 heterocycles. The number of hydrogen-bond donors (Lipinski definition) is 3. The molecule has 0 aromatic rings. The zero-order valence-electron chi connectivity index (χ0n) is 10.5. The zero-order chi connectivity index (χ0) is 12.4. The monoisotopic (exact) mass is 249 g/mol. The van der Waals surface area contributed by atoms with Gasteiger partial charge in [0, 0.05) is 17.6 Å². The Kier molecular flexibility index (Phi) is 4.34. The Balaban J connectivity index is 2.58. The van der Waals surface area contributed by atoms with Crippen molar-refractivity contribution in [2.75, 3.05) is 6.54 Å². The van der Waals surface area contributed by atoms with Crippen LogP contribution in [0, 0.1) is 0 Å². The molecular weight excluding hydrogens is 226 g/mol. The highest BCUT2D eigenvalue weighted by Crippen LogP contribution is 2.10. The molecule has 0 bridgehead atoms. The first kappa shape index (κ1) is 13.9. The largest absolute Gasteiger partial charge is 0.313 e. The molecule has 1 aliphatic heterocycles. The van der Waals surface area contributed by atoms with E-state index in [0.29, 0.717) is 0 Å². The summed E-state index contributed by atoms with van der Waals surface area (Å²) < 4.78 is 28.9. The van der Waals surface area contributed by atoms with Gasteiger partial charge in [-0.25, -0.2) is 0 Å². The van der Waals surface area contributed by atoms with Crippen LogP contribution >= 0.6 is 0 Å². The molecule has 5 nitrogen and oxygen atoms in total. The van der Waals surface area contributed by atoms with Gasteiger partial charge < -0.3 is 5.32 Å². The first-order valence-electron chi connectivity index (χ1n) is 5.74. The van der Waals surface area contributed by atoms with Gasteiger partial charge in [-0.3, -0.25) is 0 Å². The highest BCUT2D eigenvalue weighted by Gasteiger charge is 2.27. The van der Waals surface area contributed by atoms with Crippen molar-refractivity contribution in [1.82, 2.24) is 14.8 Å². The molecule has 1 aliphatic rings. The Morgan fingerprint density at radius 3 is 2.44 bits per heavy atom. The van der Waals surface area contributed by atoms with Crippen molar-refractivity contribution in [2.45, 2.75) is 58.2 Å². The van der Waals surface area contributed by atoms with Crippen molar-refractivity contribution >= 4 is 10.2 Å². The second-order valence-corrected chi connectivity index (χ2v) is 6.91. The summed E-state index contributed by atoms with van der Waals surface area (Å²) in [5.74, 6) is 0. The summed E-state index contributed by atoms with van der Waals surface area (Å²) in [6.45, 7) is 8.45. The number of nitrogens with one attached hydrogen (secondary N) is 3. The molecule has 0 amide bonds. The molecule has 0 radical (unpaired) electrons. The molecule has 2 unspecified atom stereocenters. The fourth-order valence-electron chi connectivity index (χ4n) is 1.84. The molecule has 96 valence electrons. The predicted octanol–water partition coefficient (Wildman–Crippen LogP) is 0.349. The highest BCUT2D eigenvalue weighted by atomic mass is 32.2. The number of rotatable bonds is 3. The van der Waals surface area contributed by atoms with Gasteiger partial charge in [-0.05, 0) is 47.1 Å². The molecule has 1 fully saturated rings. The van der Waals surface area contributed by atoms with Crippen LogP contribution in [0.5, 0.6) is 0 Å². The van der Waals surface area contributed by atoms with Gasteiger partial charge in [0.1, 0.15) is 0 Å². The summed E-state index contributed by atoms with van der Waals surface area (Å²) in [7, 11) is -3.41. The highest BCUT2D eigenvalue weighted by molar-refractivity contribution is 7.87. The van der Waals surface area contributed by atoms with Gasteiger partial charge in [0.15, 0.2) is 0 Å². The lowest BCUT2D eigenvalue weighted by molar-refractivity contribution is 0.345. The quantitative estimate of drug-likeness (QED) is 0.676. The van der Waals surface area contributed by atoms with Crippen molar-refractivity contribution in [3.63, 3.8) is 0 Å². The summed E-state index contributed by atoms with van der Waals surface area (Å²) in [6, 6.07) is 0.166. The first-order valence-corrected chi connectivity index (χ1v) is 7.22. The molecular formula is C10H23N3O2S. The lowest BCUT2D eigenvalue weighted by atomic mass is 10.0. The molecule has 1 saturated heterocycles. The van der Waals surface area contributed by atoms with Gasteiger partial charge in [-0.15, -0.1) is 0 Å². The van der Waals surface area contributed by atoms with Crippen LogP contribution in [0.4, 0.5) is 0 Å². The Labute approximate surface area is 98.6 Å². The Morgan fingerprint density at radius 2 is 1.94 bits per heavy atom. The number of piperidine rings is 1. The summed E-state index contributed by atoms with van der Waals surface area (Å²) in [5.41, 5.74) is -0.447. The van der Waals surface area contributed by atoms with E-state index >= 15 is 0 Å². The van der Waals surface area contributed by atoms with Crippen molar-refractivity contribution in [1.29, 1.82) is 0 Å². The van der Waals surface area contributed by atoms with Gasteiger partial charge in [-0.2, -0.15) is 17.9 Å². The third-order valence-electron chi connectivity index (χ3n) is 2.51. The van der Waals surface area contributed by atoms with Crippen LogP contribution in [0.25, 0.3) is 0 Å². The van der Waals surface area contributed by atoms with E-state index in [1.807, 2.05) is 27.7 Å². The summed E-state index contributed by atoms with van der Waals surface area (Å²) in [5, 5.41) is 3.26. The molecule has 1 rings (SSSR count). The van der Waals surface area contributed by atoms with E-state index in [1.54, 1.807) is 0 Å². The van der Waals surface area contributed by atoms with Gasteiger partial charge in [0.05, 0.1) is 0 Å². The smallest absolute Gasteiger partial charge is 0.277 e. The minimum Gasteiger partial charge on any atom is -0.313 e. The van der Waals surface area contributed by atoms with Crippen LogP contribution in [-0.2, 0) is 10.2 Å². The summed E-state index contributed by atoms with van der Waals surface area (Å²) >= 11 is 0. The lowest BCUT2D eigenvalue weighted by Gasteiger charge is -2.31. The second-order valence-electron chi connectivity index (χ2n) is 5.46. The van der Waals surface area contributed by atoms with Crippen molar-refractivity contribution in [3.8, 4) is 0 Å². The fourth-order valence-corrected chi connectivity index (χ4v) is 3.42. The normalized spacial score (nSPS) is 28.0. The van der Waals surface area contributed by atoms with Crippen LogP contribution in [0.2, 0.25) is 0 Å². The average molecular weight is 249 g/mol. The van der Waals surface area contributed by atoms with Crippen molar-refractivity contribution < 1.29 is 8.42 Å². The van der Waals surface area contributed by atoms with Gasteiger partial charge in [-0.1, -0.05) is 0 Å². The topological polar surface area (TPSA) is 70.2 Å². The van der Waals surface area contributed by atoms with Crippen LogP contribution in [-0.4, -0.2) is 32.6 Å². The third-order valence-corrected chi connectivity index (χ3v) is 4.00. The maximum atomic E-state index is 11.8. The Bertz CT molecular complexity index is 321. The van der Waals surface area contributed by atoms with E-state index in [9.17, 15) is 8.42 Å². The van der Waals surface area contributed by atoms with E-state index in [4.69, 9.17) is 0 Å². The minimum absolute atomic E-state index is 0.0198. The Morgan fingerprint density at radius 1 is 1.31 bits per heavy atom. The molecule has 0 spiro atoms. The second kappa shape index (κ2) is 5.00. The van der Waals surface area contributed by atoms with E-state index in [0.717, 1.165) is 19.4 Å². The zero-order valence-corrected chi connectivity index (χ0v) is 11.3. The predicted molar refractivity (Wildman–Crippen MR) is 65.4 cm³/mol. The standard InChI is InChI=1S/C10H23N3O2S/c1-8-9(6-5-7-11-8)12-16(14,15)13-10(2,3)4/h8-9,11-13H,5-7H2,1-4H3. The number of hydrogen-bond acceptors (Lipinski definition) is 3. The maximum Gasteiger partial charge on any atom is 0.277 e. The van der Waals surface area contributed by atoms with Gasteiger partial charge in [0.2, 0.25) is 0 Å². The summed E-state index contributed by atoms with van der Waals surface area (Å²) in [6.07, 6.45) is 1.90.